The molecular formula is C52H55ClN10O18. The highest BCUT2D eigenvalue weighted by atomic mass is 35.5. The van der Waals surface area contributed by atoms with Gasteiger partial charge in [0.05, 0.1) is 19.8 Å². The first-order chi connectivity index (χ1) is 39.2. The van der Waals surface area contributed by atoms with E-state index in [9.17, 15) is 50.4 Å². The van der Waals surface area contributed by atoms with E-state index in [2.05, 4.69) is 45.2 Å². The first-order valence-corrected chi connectivity index (χ1v) is 25.9. The number of nitrogens with zero attached hydrogens (tertiary/aromatic N) is 7. The number of unbranched alkanes of at least 4 members (excludes halogenated alkanes) is 3. The van der Waals surface area contributed by atoms with Crippen LogP contribution < -0.4 is 33.7 Å². The normalized spacial score (nSPS) is 23.7. The molecule has 0 spiro atoms. The molecule has 3 aromatic carbocycles. The SMILES string of the molecule is O=C1C=CC(=O)N1CCCCCCOc1nc(Cl)nc(Oc2ccc(CCNc3nc(Oc4ccc5[nH]cc(O[C@@H]6O[C@H](CO)[C@@H](O)[C@H](O)[C@H]6O)c5c4)nc(Oc4ccc5[nH]cc(O[C@@H]6O[C@H](CO)[C@@H](O)[C@H](O)[C@H]6O)c5c4)n3)cc2)n1. The van der Waals surface area contributed by atoms with Crippen LogP contribution in [0.5, 0.6) is 52.8 Å². The predicted octanol–water partition coefficient (Wildman–Crippen LogP) is 1.93. The van der Waals surface area contributed by atoms with Crippen LogP contribution in [0.2, 0.25) is 5.28 Å². The summed E-state index contributed by atoms with van der Waals surface area (Å²) in [7, 11) is 0. The molecule has 3 aliphatic heterocycles. The van der Waals surface area contributed by atoms with E-state index in [0.717, 1.165) is 18.4 Å². The monoisotopic (exact) mass is 1140 g/mol. The number of hydrogen-bond acceptors (Lipinski definition) is 25. The zero-order chi connectivity index (χ0) is 56.7. The van der Waals surface area contributed by atoms with Gasteiger partial charge in [-0.15, -0.1) is 9.97 Å². The van der Waals surface area contributed by atoms with Gasteiger partial charge in [0.15, 0.2) is 0 Å². The molecule has 0 unspecified atom stereocenters. The summed E-state index contributed by atoms with van der Waals surface area (Å²) in [4.78, 5) is 56.5. The van der Waals surface area contributed by atoms with Gasteiger partial charge in [-0.25, -0.2) is 0 Å². The van der Waals surface area contributed by atoms with Gasteiger partial charge in [-0.1, -0.05) is 18.6 Å². The summed E-state index contributed by atoms with van der Waals surface area (Å²) in [5.41, 5.74) is 2.04. The topological polar surface area (TPSA) is 394 Å². The van der Waals surface area contributed by atoms with Crippen molar-refractivity contribution in [2.24, 2.45) is 0 Å². The Bertz CT molecular complexity index is 3200. The standard InChI is InChI=1S/C52H55ClN10O18/c53-47-57-49(74-18-4-2-1-3-17-63-37(66)13-14-38(63)67)61-50(58-47)75-26-7-5-25(6-8-26)15-16-54-48-59-51(76-27-9-11-31-29(19-27)33(21-55-31)78-45-43(72)41(70)39(68)35(23-64)80-45)62-52(60-48)77-28-10-12-32-30(20-28)34(22-56-32)79-46-44(73)42(71)40(69)36(24-65)81-46/h5-14,19-22,35-36,39-46,55-56,64-65,68-73H,1-4,15-18,23-24H2,(H,54,59,60,62)/t35-,36-,39-,40-,41+,42+,43-,44-,45-,46-/m1/s1. The summed E-state index contributed by atoms with van der Waals surface area (Å²) >= 11 is 6.17. The molecule has 10 rings (SSSR count). The Kier molecular flexibility index (Phi) is 17.6. The highest BCUT2D eigenvalue weighted by Gasteiger charge is 2.46. The number of halogens is 1. The number of carbonyl (C=O) groups is 2. The van der Waals surface area contributed by atoms with Crippen LogP contribution in [-0.2, 0) is 25.5 Å². The van der Waals surface area contributed by atoms with Crippen LogP contribution in [0.25, 0.3) is 21.8 Å². The van der Waals surface area contributed by atoms with E-state index in [1.165, 1.54) is 29.4 Å². The Balaban J connectivity index is 0.808. The van der Waals surface area contributed by atoms with Crippen LogP contribution in [0.3, 0.4) is 0 Å². The quantitative estimate of drug-likeness (QED) is 0.0304. The van der Waals surface area contributed by atoms with E-state index in [1.807, 2.05) is 12.1 Å². The fourth-order valence-electron chi connectivity index (χ4n) is 8.88. The smallest absolute Gasteiger partial charge is 0.330 e. The van der Waals surface area contributed by atoms with Crippen molar-refractivity contribution in [2.45, 2.75) is 93.5 Å². The Morgan fingerprint density at radius 3 is 1.63 bits per heavy atom. The van der Waals surface area contributed by atoms with Crippen molar-refractivity contribution in [1.82, 2.24) is 44.8 Å². The van der Waals surface area contributed by atoms with Crippen LogP contribution in [0.1, 0.15) is 31.2 Å². The fraction of sp³-hybridized carbons (Fsp3) is 0.385. The Morgan fingerprint density at radius 1 is 0.580 bits per heavy atom. The summed E-state index contributed by atoms with van der Waals surface area (Å²) in [5, 5.41) is 85.8. The summed E-state index contributed by atoms with van der Waals surface area (Å²) in [6.45, 7) is -0.338. The van der Waals surface area contributed by atoms with Crippen molar-refractivity contribution in [3.8, 4) is 52.8 Å². The van der Waals surface area contributed by atoms with Crippen molar-refractivity contribution in [3.63, 3.8) is 0 Å². The van der Waals surface area contributed by atoms with Crippen molar-refractivity contribution in [3.05, 3.63) is 96.1 Å². The number of aliphatic hydroxyl groups excluding tert-OH is 8. The number of aromatic nitrogens is 8. The number of H-pyrrole nitrogens is 2. The van der Waals surface area contributed by atoms with E-state index in [4.69, 9.17) is 49.5 Å². The lowest BCUT2D eigenvalue weighted by molar-refractivity contribution is -0.277. The molecule has 81 heavy (non-hydrogen) atoms. The summed E-state index contributed by atoms with van der Waals surface area (Å²) in [6, 6.07) is 16.4. The Hall–Kier alpha value is -7.87. The second kappa shape index (κ2) is 25.3. The number of ether oxygens (including phenoxy) is 8. The number of amides is 2. The molecule has 2 amide bonds. The number of aliphatic hydroxyl groups is 8. The maximum Gasteiger partial charge on any atom is 0.330 e. The van der Waals surface area contributed by atoms with Gasteiger partial charge in [0.25, 0.3) is 11.8 Å². The van der Waals surface area contributed by atoms with Crippen molar-refractivity contribution >= 4 is 51.2 Å². The third kappa shape index (κ3) is 13.3. The first-order valence-electron chi connectivity index (χ1n) is 25.6. The minimum absolute atomic E-state index is 0.0151. The molecule has 11 N–H and O–H groups in total. The van der Waals surface area contributed by atoms with Gasteiger partial charge >= 0.3 is 24.0 Å². The first kappa shape index (κ1) is 56.4. The Labute approximate surface area is 463 Å². The molecule has 0 bridgehead atoms. The van der Waals surface area contributed by atoms with Gasteiger partial charge in [-0.2, -0.15) is 19.9 Å². The maximum absolute atomic E-state index is 11.7. The number of hydrogen-bond donors (Lipinski definition) is 11. The minimum atomic E-state index is -1.66. The summed E-state index contributed by atoms with van der Waals surface area (Å²) in [5.74, 6) is 0.641. The average Bonchev–Trinajstić information content (AvgIpc) is 4.23. The van der Waals surface area contributed by atoms with Crippen molar-refractivity contribution in [2.75, 3.05) is 38.2 Å². The minimum Gasteiger partial charge on any atom is -0.463 e. The average molecular weight is 1140 g/mol. The van der Waals surface area contributed by atoms with Crippen molar-refractivity contribution in [1.29, 1.82) is 0 Å². The molecule has 7 aromatic rings. The van der Waals surface area contributed by atoms with Crippen LogP contribution in [0.15, 0.2) is 85.2 Å². The van der Waals surface area contributed by atoms with E-state index < -0.39 is 74.6 Å². The van der Waals surface area contributed by atoms with E-state index >= 15 is 0 Å². The van der Waals surface area contributed by atoms with Gasteiger partial charge in [0.1, 0.15) is 77.6 Å². The highest BCUT2D eigenvalue weighted by Crippen LogP contribution is 2.36. The molecule has 4 aromatic heterocycles. The predicted molar refractivity (Wildman–Crippen MR) is 279 cm³/mol. The van der Waals surface area contributed by atoms with Crippen LogP contribution in [0, 0.1) is 0 Å². The van der Waals surface area contributed by atoms with E-state index in [1.54, 1.807) is 48.5 Å². The lowest BCUT2D eigenvalue weighted by Crippen LogP contribution is -2.60. The number of rotatable bonds is 24. The lowest BCUT2D eigenvalue weighted by atomic mass is 9.99. The number of carbonyl (C=O) groups excluding carboxylic acids is 2. The molecule has 428 valence electrons. The highest BCUT2D eigenvalue weighted by molar-refractivity contribution is 6.28. The second-order valence-corrected chi connectivity index (χ2v) is 19.1. The van der Waals surface area contributed by atoms with Crippen LogP contribution >= 0.6 is 11.6 Å². The molecule has 2 saturated heterocycles. The van der Waals surface area contributed by atoms with Gasteiger partial charge < -0.3 is 94.0 Å². The number of benzene rings is 3. The molecular weight excluding hydrogens is 1090 g/mol. The maximum atomic E-state index is 11.7. The summed E-state index contributed by atoms with van der Waals surface area (Å²) in [6.07, 6.45) is -6.23. The molecule has 0 saturated carbocycles. The van der Waals surface area contributed by atoms with Gasteiger partial charge in [0, 0.05) is 59.4 Å². The second-order valence-electron chi connectivity index (χ2n) is 18.8. The number of imide groups is 1. The molecule has 7 heterocycles. The molecule has 10 atom stereocenters. The van der Waals surface area contributed by atoms with E-state index in [-0.39, 0.29) is 70.1 Å². The van der Waals surface area contributed by atoms with Crippen LogP contribution in [-0.4, -0.2) is 192 Å². The van der Waals surface area contributed by atoms with Gasteiger partial charge in [-0.3, -0.25) is 14.5 Å². The van der Waals surface area contributed by atoms with Gasteiger partial charge in [0.2, 0.25) is 23.8 Å². The zero-order valence-corrected chi connectivity index (χ0v) is 43.4. The molecule has 2 fully saturated rings. The zero-order valence-electron chi connectivity index (χ0n) is 42.6. The molecule has 3 aliphatic rings. The largest absolute Gasteiger partial charge is 0.463 e. The molecule has 0 aliphatic carbocycles. The number of fused-ring (bicyclic) bond motifs is 2. The van der Waals surface area contributed by atoms with Crippen molar-refractivity contribution < 1.29 is 88.3 Å². The summed E-state index contributed by atoms with van der Waals surface area (Å²) < 4.78 is 46.9. The Morgan fingerprint density at radius 2 is 1.07 bits per heavy atom. The number of anilines is 1. The molecule has 29 heteroatoms. The number of nitrogens with one attached hydrogen (secondary N) is 3. The fourth-order valence-corrected chi connectivity index (χ4v) is 9.03. The van der Waals surface area contributed by atoms with Gasteiger partial charge in [-0.05, 0) is 91.4 Å². The van der Waals surface area contributed by atoms with Crippen LogP contribution in [0.4, 0.5) is 5.95 Å². The number of aromatic amines is 2. The molecule has 0 radical (unpaired) electrons. The third-order valence-corrected chi connectivity index (χ3v) is 13.4. The third-order valence-electron chi connectivity index (χ3n) is 13.2. The van der Waals surface area contributed by atoms with E-state index in [0.29, 0.717) is 66.5 Å². The lowest BCUT2D eigenvalue weighted by Gasteiger charge is -2.39. The molecule has 28 nitrogen and oxygen atoms in total.